The van der Waals surface area contributed by atoms with E-state index in [1.165, 1.54) is 12.1 Å². The Morgan fingerprint density at radius 3 is 2.54 bits per heavy atom. The number of aromatic nitrogens is 4. The summed E-state index contributed by atoms with van der Waals surface area (Å²) in [5.74, 6) is 1.44. The number of anilines is 1. The second-order valence-corrected chi connectivity index (χ2v) is 6.95. The van der Waals surface area contributed by atoms with Gasteiger partial charge in [0, 0.05) is 20.0 Å². The van der Waals surface area contributed by atoms with Crippen LogP contribution in [0.15, 0.2) is 35.4 Å². The standard InChI is InChI=1S/C15H18N6O2S/c1-3-13-19-14(12-9-18-21(2)15(12)20-13)17-8-10-4-6-11(7-5-10)24(16,22)23/h4-7,9H,3,8H2,1-2H3,(H2,16,22,23)(H,17,19,20). The Labute approximate surface area is 139 Å². The van der Waals surface area contributed by atoms with Gasteiger partial charge in [-0.1, -0.05) is 19.1 Å². The Kier molecular flexibility index (Phi) is 4.20. The second kappa shape index (κ2) is 6.17. The molecule has 24 heavy (non-hydrogen) atoms. The van der Waals surface area contributed by atoms with Crippen LogP contribution < -0.4 is 10.5 Å². The van der Waals surface area contributed by atoms with Gasteiger partial charge in [-0.3, -0.25) is 4.68 Å². The largest absolute Gasteiger partial charge is 0.365 e. The number of sulfonamides is 1. The minimum atomic E-state index is -3.67. The number of hydrogen-bond donors (Lipinski definition) is 2. The summed E-state index contributed by atoms with van der Waals surface area (Å²) in [5, 5.41) is 13.4. The molecule has 2 aromatic heterocycles. The van der Waals surface area contributed by atoms with Crippen molar-refractivity contribution in [1.82, 2.24) is 19.7 Å². The molecule has 126 valence electrons. The molecule has 0 radical (unpaired) electrons. The van der Waals surface area contributed by atoms with Crippen LogP contribution in [0.4, 0.5) is 5.82 Å². The zero-order valence-corrected chi connectivity index (χ0v) is 14.2. The number of primary sulfonamides is 1. The highest BCUT2D eigenvalue weighted by atomic mass is 32.2. The molecule has 0 aliphatic rings. The zero-order chi connectivity index (χ0) is 17.3. The van der Waals surface area contributed by atoms with Gasteiger partial charge in [0.15, 0.2) is 5.65 Å². The molecule has 3 N–H and O–H groups in total. The van der Waals surface area contributed by atoms with Gasteiger partial charge in [0.25, 0.3) is 0 Å². The number of hydrogen-bond acceptors (Lipinski definition) is 6. The summed E-state index contributed by atoms with van der Waals surface area (Å²) in [7, 11) is -1.84. The average Bonchev–Trinajstić information content (AvgIpc) is 2.93. The van der Waals surface area contributed by atoms with Crippen LogP contribution in [0.2, 0.25) is 0 Å². The lowest BCUT2D eigenvalue weighted by atomic mass is 10.2. The number of aryl methyl sites for hydroxylation is 2. The third-order valence-corrected chi connectivity index (χ3v) is 4.60. The smallest absolute Gasteiger partial charge is 0.238 e. The molecule has 0 unspecified atom stereocenters. The summed E-state index contributed by atoms with van der Waals surface area (Å²) in [6.07, 6.45) is 2.44. The molecule has 2 heterocycles. The maximum atomic E-state index is 11.3. The van der Waals surface area contributed by atoms with Crippen LogP contribution in [0, 0.1) is 0 Å². The summed E-state index contributed by atoms with van der Waals surface area (Å²) in [6.45, 7) is 2.49. The van der Waals surface area contributed by atoms with Crippen LogP contribution in [0.5, 0.6) is 0 Å². The highest BCUT2D eigenvalue weighted by Crippen LogP contribution is 2.20. The Bertz CT molecular complexity index is 979. The first kappa shape index (κ1) is 16.3. The molecular weight excluding hydrogens is 328 g/mol. The summed E-state index contributed by atoms with van der Waals surface area (Å²) in [5.41, 5.74) is 1.69. The van der Waals surface area contributed by atoms with Crippen molar-refractivity contribution in [1.29, 1.82) is 0 Å². The normalized spacial score (nSPS) is 11.8. The van der Waals surface area contributed by atoms with E-state index in [0.29, 0.717) is 12.4 Å². The van der Waals surface area contributed by atoms with E-state index < -0.39 is 10.0 Å². The topological polar surface area (TPSA) is 116 Å². The monoisotopic (exact) mass is 346 g/mol. The number of fused-ring (bicyclic) bond motifs is 1. The highest BCUT2D eigenvalue weighted by Gasteiger charge is 2.11. The van der Waals surface area contributed by atoms with Gasteiger partial charge in [-0.15, -0.1) is 0 Å². The molecule has 0 spiro atoms. The molecule has 0 atom stereocenters. The lowest BCUT2D eigenvalue weighted by molar-refractivity contribution is 0.598. The maximum Gasteiger partial charge on any atom is 0.238 e. The predicted molar refractivity (Wildman–Crippen MR) is 90.8 cm³/mol. The minimum absolute atomic E-state index is 0.0937. The van der Waals surface area contributed by atoms with Gasteiger partial charge >= 0.3 is 0 Å². The molecule has 9 heteroatoms. The summed E-state index contributed by atoms with van der Waals surface area (Å²) in [6, 6.07) is 6.41. The van der Waals surface area contributed by atoms with Crippen molar-refractivity contribution in [2.24, 2.45) is 12.2 Å². The van der Waals surface area contributed by atoms with Crippen molar-refractivity contribution in [3.05, 3.63) is 41.9 Å². The summed E-state index contributed by atoms with van der Waals surface area (Å²) in [4.78, 5) is 9.08. The number of rotatable bonds is 5. The van der Waals surface area contributed by atoms with Gasteiger partial charge in [0.05, 0.1) is 16.5 Å². The van der Waals surface area contributed by atoms with Crippen molar-refractivity contribution in [2.75, 3.05) is 5.32 Å². The van der Waals surface area contributed by atoms with E-state index in [1.807, 2.05) is 14.0 Å². The van der Waals surface area contributed by atoms with E-state index in [1.54, 1.807) is 23.0 Å². The van der Waals surface area contributed by atoms with Crippen molar-refractivity contribution < 1.29 is 8.42 Å². The van der Waals surface area contributed by atoms with Crippen LogP contribution in [0.3, 0.4) is 0 Å². The molecule has 3 aromatic rings. The zero-order valence-electron chi connectivity index (χ0n) is 13.4. The minimum Gasteiger partial charge on any atom is -0.365 e. The molecule has 0 amide bonds. The molecule has 1 aromatic carbocycles. The van der Waals surface area contributed by atoms with E-state index >= 15 is 0 Å². The van der Waals surface area contributed by atoms with Crippen molar-refractivity contribution in [3.63, 3.8) is 0 Å². The SMILES string of the molecule is CCc1nc(NCc2ccc(S(N)(=O)=O)cc2)c2cnn(C)c2n1. The summed E-state index contributed by atoms with van der Waals surface area (Å²) >= 11 is 0. The predicted octanol–water partition coefficient (Wildman–Crippen LogP) is 1.19. The van der Waals surface area contributed by atoms with E-state index in [0.717, 1.165) is 28.8 Å². The van der Waals surface area contributed by atoms with Crippen LogP contribution in [-0.4, -0.2) is 28.2 Å². The Morgan fingerprint density at radius 1 is 1.21 bits per heavy atom. The molecule has 0 bridgehead atoms. The molecule has 0 aliphatic heterocycles. The van der Waals surface area contributed by atoms with Crippen LogP contribution >= 0.6 is 0 Å². The van der Waals surface area contributed by atoms with Gasteiger partial charge in [0.2, 0.25) is 10.0 Å². The Hall–Kier alpha value is -2.52. The molecule has 0 saturated carbocycles. The quantitative estimate of drug-likeness (QED) is 0.717. The maximum absolute atomic E-state index is 11.3. The fourth-order valence-electron chi connectivity index (χ4n) is 2.34. The van der Waals surface area contributed by atoms with E-state index in [2.05, 4.69) is 20.4 Å². The number of benzene rings is 1. The second-order valence-electron chi connectivity index (χ2n) is 5.39. The Balaban J connectivity index is 1.85. The molecule has 0 aliphatic carbocycles. The van der Waals surface area contributed by atoms with Crippen LogP contribution in [0.1, 0.15) is 18.3 Å². The van der Waals surface area contributed by atoms with Crippen LogP contribution in [-0.2, 0) is 30.0 Å². The van der Waals surface area contributed by atoms with Gasteiger partial charge in [0.1, 0.15) is 11.6 Å². The first-order valence-electron chi connectivity index (χ1n) is 7.42. The lowest BCUT2D eigenvalue weighted by Gasteiger charge is -2.09. The molecule has 3 rings (SSSR count). The first-order valence-corrected chi connectivity index (χ1v) is 8.97. The summed E-state index contributed by atoms with van der Waals surface area (Å²) < 4.78 is 24.3. The number of nitrogens with one attached hydrogen (secondary N) is 1. The van der Waals surface area contributed by atoms with Gasteiger partial charge in [-0.05, 0) is 17.7 Å². The fraction of sp³-hybridized carbons (Fsp3) is 0.267. The third kappa shape index (κ3) is 3.22. The molecule has 0 fully saturated rings. The van der Waals surface area contributed by atoms with E-state index in [4.69, 9.17) is 5.14 Å². The van der Waals surface area contributed by atoms with Crippen LogP contribution in [0.25, 0.3) is 11.0 Å². The van der Waals surface area contributed by atoms with Gasteiger partial charge in [-0.25, -0.2) is 23.5 Å². The molecule has 0 saturated heterocycles. The number of nitrogens with zero attached hydrogens (tertiary/aromatic N) is 4. The van der Waals surface area contributed by atoms with E-state index in [9.17, 15) is 8.42 Å². The molecular formula is C15H18N6O2S. The van der Waals surface area contributed by atoms with Gasteiger partial charge in [-0.2, -0.15) is 5.10 Å². The number of nitrogens with two attached hydrogens (primary N) is 1. The fourth-order valence-corrected chi connectivity index (χ4v) is 2.86. The first-order chi connectivity index (χ1) is 11.4. The van der Waals surface area contributed by atoms with Gasteiger partial charge < -0.3 is 5.32 Å². The van der Waals surface area contributed by atoms with Crippen molar-refractivity contribution >= 4 is 26.9 Å². The Morgan fingerprint density at radius 2 is 1.92 bits per heavy atom. The van der Waals surface area contributed by atoms with Crippen molar-refractivity contribution in [3.8, 4) is 0 Å². The van der Waals surface area contributed by atoms with E-state index in [-0.39, 0.29) is 4.90 Å². The highest BCUT2D eigenvalue weighted by molar-refractivity contribution is 7.89. The average molecular weight is 346 g/mol. The molecule has 8 nitrogen and oxygen atoms in total. The third-order valence-electron chi connectivity index (χ3n) is 3.67. The van der Waals surface area contributed by atoms with Crippen molar-refractivity contribution in [2.45, 2.75) is 24.8 Å². The lowest BCUT2D eigenvalue weighted by Crippen LogP contribution is -2.12.